The Morgan fingerprint density at radius 1 is 1.28 bits per heavy atom. The fourth-order valence-corrected chi connectivity index (χ4v) is 3.24. The van der Waals surface area contributed by atoms with Gasteiger partial charge in [0.05, 0.1) is 17.0 Å². The number of imide groups is 1. The number of carbonyl (C=O) groups excluding carboxylic acids is 3. The Kier molecular flexibility index (Phi) is 4.96. The first-order valence-electron chi connectivity index (χ1n) is 7.16. The van der Waals surface area contributed by atoms with E-state index in [1.54, 1.807) is 18.2 Å². The third-order valence-electron chi connectivity index (χ3n) is 3.43. The van der Waals surface area contributed by atoms with Crippen LogP contribution in [0.2, 0.25) is 5.02 Å². The van der Waals surface area contributed by atoms with Gasteiger partial charge in [-0.2, -0.15) is 0 Å². The number of methoxy groups -OCH3 is 1. The number of hydrogen-bond acceptors (Lipinski definition) is 6. The molecule has 128 valence electrons. The smallest absolute Gasteiger partial charge is 0.325 e. The Morgan fingerprint density at radius 3 is 2.76 bits per heavy atom. The lowest BCUT2D eigenvalue weighted by atomic mass is 10.2. The van der Waals surface area contributed by atoms with Crippen LogP contribution in [0, 0.1) is 0 Å². The molecule has 3 rings (SSSR count). The summed E-state index contributed by atoms with van der Waals surface area (Å²) in [4.78, 5) is 36.4. The number of amides is 2. The van der Waals surface area contributed by atoms with Gasteiger partial charge in [-0.25, -0.2) is 0 Å². The topological polar surface area (TPSA) is 76.8 Å². The van der Waals surface area contributed by atoms with Gasteiger partial charge in [-0.3, -0.25) is 19.3 Å². The fraction of sp³-hybridized carbons (Fsp3) is 0.118. The zero-order chi connectivity index (χ0) is 18.0. The van der Waals surface area contributed by atoms with Gasteiger partial charge in [0.25, 0.3) is 11.1 Å². The average Bonchev–Trinajstić information content (AvgIpc) is 3.16. The van der Waals surface area contributed by atoms with E-state index >= 15 is 0 Å². The van der Waals surface area contributed by atoms with Crippen LogP contribution >= 0.6 is 23.4 Å². The van der Waals surface area contributed by atoms with Crippen LogP contribution in [0.1, 0.15) is 5.76 Å². The molecular weight excluding hydrogens is 366 g/mol. The molecule has 8 heteroatoms. The predicted molar refractivity (Wildman–Crippen MR) is 93.8 cm³/mol. The zero-order valence-corrected chi connectivity index (χ0v) is 14.6. The normalized spacial score (nSPS) is 15.9. The molecule has 6 nitrogen and oxygen atoms in total. The first-order valence-corrected chi connectivity index (χ1v) is 8.36. The molecule has 1 fully saturated rings. The molecule has 2 amide bonds. The summed E-state index contributed by atoms with van der Waals surface area (Å²) in [6.45, 7) is -0.415. The second-order valence-electron chi connectivity index (χ2n) is 5.03. The van der Waals surface area contributed by atoms with Gasteiger partial charge < -0.3 is 9.15 Å². The Labute approximate surface area is 152 Å². The van der Waals surface area contributed by atoms with Crippen molar-refractivity contribution in [1.82, 2.24) is 4.90 Å². The molecule has 1 aromatic carbocycles. The molecule has 1 saturated heterocycles. The van der Waals surface area contributed by atoms with Crippen LogP contribution in [0.4, 0.5) is 4.79 Å². The summed E-state index contributed by atoms with van der Waals surface area (Å²) in [5.74, 6) is -0.275. The van der Waals surface area contributed by atoms with Gasteiger partial charge in [0.2, 0.25) is 0 Å². The van der Waals surface area contributed by atoms with Crippen molar-refractivity contribution < 1.29 is 23.5 Å². The van der Waals surface area contributed by atoms with E-state index in [2.05, 4.69) is 4.74 Å². The number of rotatable bonds is 4. The number of esters is 1. The lowest BCUT2D eigenvalue weighted by Crippen LogP contribution is -2.34. The molecule has 25 heavy (non-hydrogen) atoms. The molecule has 1 aliphatic heterocycles. The highest BCUT2D eigenvalue weighted by Crippen LogP contribution is 2.34. The lowest BCUT2D eigenvalue weighted by Gasteiger charge is -2.09. The average molecular weight is 378 g/mol. The van der Waals surface area contributed by atoms with E-state index in [1.165, 1.54) is 13.2 Å². The van der Waals surface area contributed by atoms with Gasteiger partial charge in [0.1, 0.15) is 18.1 Å². The Bertz CT molecular complexity index is 889. The van der Waals surface area contributed by atoms with Crippen LogP contribution in [0.25, 0.3) is 17.4 Å². The van der Waals surface area contributed by atoms with Crippen LogP contribution in [0.5, 0.6) is 0 Å². The minimum atomic E-state index is -0.664. The van der Waals surface area contributed by atoms with E-state index in [4.69, 9.17) is 16.0 Å². The number of thioether (sulfide) groups is 1. The third-order valence-corrected chi connectivity index (χ3v) is 4.66. The van der Waals surface area contributed by atoms with Crippen molar-refractivity contribution in [2.45, 2.75) is 0 Å². The van der Waals surface area contributed by atoms with E-state index in [0.717, 1.165) is 22.2 Å². The fourth-order valence-electron chi connectivity index (χ4n) is 2.20. The van der Waals surface area contributed by atoms with E-state index in [0.29, 0.717) is 16.5 Å². The molecular formula is C17H12ClNO5S. The van der Waals surface area contributed by atoms with Crippen molar-refractivity contribution in [3.05, 3.63) is 52.1 Å². The molecule has 0 N–H and O–H groups in total. The summed E-state index contributed by atoms with van der Waals surface area (Å²) in [7, 11) is 1.19. The maximum absolute atomic E-state index is 12.2. The van der Waals surface area contributed by atoms with Crippen molar-refractivity contribution in [1.29, 1.82) is 0 Å². The van der Waals surface area contributed by atoms with Crippen molar-refractivity contribution >= 4 is 46.6 Å². The van der Waals surface area contributed by atoms with Crippen LogP contribution in [0.3, 0.4) is 0 Å². The molecule has 1 aliphatic rings. The van der Waals surface area contributed by atoms with Crippen molar-refractivity contribution in [3.63, 3.8) is 0 Å². The summed E-state index contributed by atoms with van der Waals surface area (Å²) >= 11 is 6.88. The molecule has 1 aromatic heterocycles. The quantitative estimate of drug-likeness (QED) is 0.595. The number of hydrogen-bond donors (Lipinski definition) is 0. The van der Waals surface area contributed by atoms with Gasteiger partial charge in [-0.1, -0.05) is 23.7 Å². The molecule has 0 unspecified atom stereocenters. The maximum Gasteiger partial charge on any atom is 0.325 e. The van der Waals surface area contributed by atoms with E-state index < -0.39 is 23.7 Å². The molecule has 0 saturated carbocycles. The van der Waals surface area contributed by atoms with Crippen molar-refractivity contribution in [2.75, 3.05) is 13.7 Å². The summed E-state index contributed by atoms with van der Waals surface area (Å²) in [5, 5.41) is 0.0151. The second kappa shape index (κ2) is 7.16. The van der Waals surface area contributed by atoms with Crippen molar-refractivity contribution in [3.8, 4) is 11.3 Å². The van der Waals surface area contributed by atoms with Gasteiger partial charge in [-0.05, 0) is 36.0 Å². The molecule has 0 spiro atoms. The van der Waals surface area contributed by atoms with Crippen LogP contribution < -0.4 is 0 Å². The third kappa shape index (κ3) is 3.62. The minimum absolute atomic E-state index is 0.175. The SMILES string of the molecule is COC(=O)CN1C(=O)S/C(=C\c2ccc(-c3ccccc3Cl)o2)C1=O. The first-order chi connectivity index (χ1) is 12.0. The summed E-state index contributed by atoms with van der Waals surface area (Å²) in [6.07, 6.45) is 1.46. The highest BCUT2D eigenvalue weighted by Gasteiger charge is 2.36. The zero-order valence-electron chi connectivity index (χ0n) is 13.0. The molecule has 2 aromatic rings. The highest BCUT2D eigenvalue weighted by atomic mass is 35.5. The van der Waals surface area contributed by atoms with Gasteiger partial charge in [0.15, 0.2) is 0 Å². The molecule has 0 aliphatic carbocycles. The Balaban J connectivity index is 1.82. The number of halogens is 1. The van der Waals surface area contributed by atoms with Crippen molar-refractivity contribution in [2.24, 2.45) is 0 Å². The van der Waals surface area contributed by atoms with Gasteiger partial charge in [-0.15, -0.1) is 0 Å². The van der Waals surface area contributed by atoms with E-state index in [1.807, 2.05) is 18.2 Å². The number of benzene rings is 1. The van der Waals surface area contributed by atoms with E-state index in [9.17, 15) is 14.4 Å². The highest BCUT2D eigenvalue weighted by molar-refractivity contribution is 8.18. The molecule has 0 radical (unpaired) electrons. The number of furan rings is 1. The van der Waals surface area contributed by atoms with Crippen LogP contribution in [-0.4, -0.2) is 35.7 Å². The van der Waals surface area contributed by atoms with E-state index in [-0.39, 0.29) is 4.91 Å². The van der Waals surface area contributed by atoms with Gasteiger partial charge in [0, 0.05) is 11.6 Å². The molecule has 0 atom stereocenters. The van der Waals surface area contributed by atoms with Gasteiger partial charge >= 0.3 is 5.97 Å². The minimum Gasteiger partial charge on any atom is -0.468 e. The van der Waals surface area contributed by atoms with Crippen LogP contribution in [-0.2, 0) is 14.3 Å². The summed E-state index contributed by atoms with van der Waals surface area (Å²) in [6, 6.07) is 10.6. The largest absolute Gasteiger partial charge is 0.468 e. The lowest BCUT2D eigenvalue weighted by molar-refractivity contribution is -0.143. The molecule has 0 bridgehead atoms. The maximum atomic E-state index is 12.2. The first kappa shape index (κ1) is 17.3. The number of carbonyl (C=O) groups is 3. The van der Waals surface area contributed by atoms with Crippen LogP contribution in [0.15, 0.2) is 45.7 Å². The molecule has 2 heterocycles. The number of ether oxygens (including phenoxy) is 1. The standard InChI is InChI=1S/C17H12ClNO5S/c1-23-15(20)9-19-16(21)14(25-17(19)22)8-10-6-7-13(24-10)11-4-2-3-5-12(11)18/h2-8H,9H2,1H3/b14-8-. The summed E-state index contributed by atoms with van der Waals surface area (Å²) < 4.78 is 10.2. The Hall–Kier alpha value is -2.51. The monoisotopic (exact) mass is 377 g/mol. The predicted octanol–water partition coefficient (Wildman–Crippen LogP) is 3.81. The number of nitrogens with zero attached hydrogens (tertiary/aromatic N) is 1. The Morgan fingerprint density at radius 2 is 2.04 bits per heavy atom. The summed E-state index contributed by atoms with van der Waals surface area (Å²) in [5.41, 5.74) is 0.725. The second-order valence-corrected chi connectivity index (χ2v) is 6.43.